The Morgan fingerprint density at radius 1 is 0.559 bits per heavy atom. The molecule has 404 valence electrons. The number of ether oxygens (including phenoxy) is 3. The second-order valence-electron chi connectivity index (χ2n) is 20.6. The number of hydrogen-bond acceptors (Lipinski definition) is 11. The van der Waals surface area contributed by atoms with Crippen molar-refractivity contribution in [1.82, 2.24) is 15.5 Å². The second kappa shape index (κ2) is 45.3. The lowest BCUT2D eigenvalue weighted by molar-refractivity contribution is -0.302. The molecule has 13 heteroatoms. The first-order valence-electron chi connectivity index (χ1n) is 28.5. The largest absolute Gasteiger partial charge is 0.447 e. The molecule has 0 saturated carbocycles. The number of nitrogens with zero attached hydrogens (tertiary/aromatic N) is 1. The lowest BCUT2D eigenvalue weighted by atomic mass is 9.98. The molecular weight excluding hydrogens is 863 g/mol. The fourth-order valence-corrected chi connectivity index (χ4v) is 9.19. The molecule has 1 rings (SSSR count). The van der Waals surface area contributed by atoms with E-state index in [1.165, 1.54) is 173 Å². The Bertz CT molecular complexity index is 1140. The number of unbranched alkanes of at least 4 members (excludes halogenated alkanes) is 33. The Kier molecular flexibility index (Phi) is 42.9. The standard InChI is InChI=1S/C55H109N3O10/c1-5-7-9-11-13-15-17-19-20-21-22-23-24-25-26-27-28-29-31-33-35-37-39-41-49(60)57-46(50(61)47(59)40-38-36-34-32-30-18-16-14-12-10-8-6-2)44-66-54-53(64)52(63)51(62)48(68-54)45-67-55(65)56-42-43-58(3)4/h46-48,50-54,59,61-64H,5-45H2,1-4H3,(H,56,65)(H,57,60)/t46-,47+,48+,50-,51-,52-,53+,54+/m0/s1. The molecule has 0 aliphatic carbocycles. The third-order valence-corrected chi connectivity index (χ3v) is 13.8. The normalized spacial score (nSPS) is 19.8. The summed E-state index contributed by atoms with van der Waals surface area (Å²) in [5.74, 6) is -0.272. The van der Waals surface area contributed by atoms with E-state index in [4.69, 9.17) is 14.2 Å². The van der Waals surface area contributed by atoms with E-state index in [2.05, 4.69) is 24.5 Å². The number of aliphatic hydroxyl groups excluding tert-OH is 5. The number of carbonyl (C=O) groups excluding carboxylic acids is 2. The van der Waals surface area contributed by atoms with Gasteiger partial charge in [0, 0.05) is 19.5 Å². The number of rotatable bonds is 48. The Labute approximate surface area is 416 Å². The molecule has 0 spiro atoms. The molecule has 68 heavy (non-hydrogen) atoms. The summed E-state index contributed by atoms with van der Waals surface area (Å²) in [6.45, 7) is 4.69. The zero-order valence-electron chi connectivity index (χ0n) is 44.3. The third kappa shape index (κ3) is 35.5. The lowest BCUT2D eigenvalue weighted by Crippen LogP contribution is -2.60. The minimum atomic E-state index is -1.67. The maximum atomic E-state index is 13.2. The maximum absolute atomic E-state index is 13.2. The van der Waals surface area contributed by atoms with Gasteiger partial charge in [0.05, 0.1) is 18.8 Å². The smallest absolute Gasteiger partial charge is 0.407 e. The number of nitrogens with one attached hydrogen (secondary N) is 2. The monoisotopic (exact) mass is 972 g/mol. The summed E-state index contributed by atoms with van der Waals surface area (Å²) < 4.78 is 16.8. The van der Waals surface area contributed by atoms with Crippen LogP contribution in [0.5, 0.6) is 0 Å². The van der Waals surface area contributed by atoms with Crippen molar-refractivity contribution in [3.8, 4) is 0 Å². The topological polar surface area (TPSA) is 190 Å². The van der Waals surface area contributed by atoms with Gasteiger partial charge in [-0.15, -0.1) is 0 Å². The average Bonchev–Trinajstić information content (AvgIpc) is 3.32. The summed E-state index contributed by atoms with van der Waals surface area (Å²) in [7, 11) is 3.73. The van der Waals surface area contributed by atoms with Crippen molar-refractivity contribution in [2.75, 3.05) is 40.4 Å². The average molecular weight is 972 g/mol. The number of aliphatic hydroxyl groups is 5. The van der Waals surface area contributed by atoms with Crippen LogP contribution >= 0.6 is 0 Å². The molecule has 1 fully saturated rings. The van der Waals surface area contributed by atoms with Crippen molar-refractivity contribution in [3.05, 3.63) is 0 Å². The number of likely N-dealkylation sites (N-methyl/N-ethyl adjacent to an activating group) is 1. The molecule has 0 aromatic carbocycles. The SMILES string of the molecule is CCCCCCCCCCCCCCCCCCCCCCCCCC(=O)N[C@@H](CO[C@@H]1O[C@H](COC(=O)NCCN(C)C)[C@H](O)[C@H](O)[C@H]1O)[C@H](O)[C@H](O)CCCCCCCCCCCCCC. The molecule has 0 unspecified atom stereocenters. The van der Waals surface area contributed by atoms with E-state index in [1.54, 1.807) is 0 Å². The summed E-state index contributed by atoms with van der Waals surface area (Å²) in [6.07, 6.45) is 33.9. The minimum Gasteiger partial charge on any atom is -0.447 e. The molecule has 1 aliphatic rings. The predicted molar refractivity (Wildman–Crippen MR) is 277 cm³/mol. The molecule has 2 amide bonds. The van der Waals surface area contributed by atoms with Gasteiger partial charge in [0.15, 0.2) is 6.29 Å². The quantitative estimate of drug-likeness (QED) is 0.0287. The molecule has 13 nitrogen and oxygen atoms in total. The van der Waals surface area contributed by atoms with Crippen molar-refractivity contribution in [2.24, 2.45) is 0 Å². The third-order valence-electron chi connectivity index (χ3n) is 13.8. The Morgan fingerprint density at radius 3 is 1.37 bits per heavy atom. The van der Waals surface area contributed by atoms with Crippen molar-refractivity contribution < 1.29 is 49.3 Å². The van der Waals surface area contributed by atoms with Crippen LogP contribution in [0, 0.1) is 0 Å². The highest BCUT2D eigenvalue weighted by Gasteiger charge is 2.45. The van der Waals surface area contributed by atoms with E-state index in [0.29, 0.717) is 25.9 Å². The number of alkyl carbamates (subject to hydrolysis) is 1. The summed E-state index contributed by atoms with van der Waals surface area (Å²) in [4.78, 5) is 27.3. The molecule has 0 radical (unpaired) electrons. The van der Waals surface area contributed by atoms with Gasteiger partial charge in [0.1, 0.15) is 37.1 Å². The molecule has 0 aromatic heterocycles. The molecule has 7 N–H and O–H groups in total. The van der Waals surface area contributed by atoms with E-state index in [-0.39, 0.29) is 18.9 Å². The Morgan fingerprint density at radius 2 is 0.956 bits per heavy atom. The first-order valence-corrected chi connectivity index (χ1v) is 28.5. The van der Waals surface area contributed by atoms with Crippen LogP contribution in [0.1, 0.15) is 251 Å². The first-order chi connectivity index (χ1) is 33.0. The second-order valence-corrected chi connectivity index (χ2v) is 20.6. The highest BCUT2D eigenvalue weighted by molar-refractivity contribution is 5.76. The Balaban J connectivity index is 2.46. The fourth-order valence-electron chi connectivity index (χ4n) is 9.19. The van der Waals surface area contributed by atoms with Gasteiger partial charge in [-0.2, -0.15) is 0 Å². The molecular formula is C55H109N3O10. The number of carbonyl (C=O) groups is 2. The molecule has 0 aromatic rings. The molecule has 8 atom stereocenters. The maximum Gasteiger partial charge on any atom is 0.407 e. The van der Waals surface area contributed by atoms with Crippen molar-refractivity contribution in [1.29, 1.82) is 0 Å². The first kappa shape index (κ1) is 64.4. The Hall–Kier alpha value is -1.58. The fraction of sp³-hybridized carbons (Fsp3) is 0.964. The predicted octanol–water partition coefficient (Wildman–Crippen LogP) is 10.8. The number of amides is 2. The van der Waals surface area contributed by atoms with Gasteiger partial charge in [0.2, 0.25) is 5.91 Å². The summed E-state index contributed by atoms with van der Waals surface area (Å²) >= 11 is 0. The highest BCUT2D eigenvalue weighted by Crippen LogP contribution is 2.24. The van der Waals surface area contributed by atoms with E-state index >= 15 is 0 Å². The van der Waals surface area contributed by atoms with Crippen molar-refractivity contribution >= 4 is 12.0 Å². The number of hydrogen-bond donors (Lipinski definition) is 7. The van der Waals surface area contributed by atoms with Crippen LogP contribution in [0.25, 0.3) is 0 Å². The van der Waals surface area contributed by atoms with Crippen LogP contribution in [0.4, 0.5) is 4.79 Å². The molecule has 1 aliphatic heterocycles. The van der Waals surface area contributed by atoms with E-state index in [1.807, 2.05) is 19.0 Å². The van der Waals surface area contributed by atoms with Gasteiger partial charge in [-0.1, -0.05) is 232 Å². The molecule has 1 heterocycles. The minimum absolute atomic E-state index is 0.265. The van der Waals surface area contributed by atoms with Gasteiger partial charge in [-0.25, -0.2) is 4.79 Å². The van der Waals surface area contributed by atoms with Crippen LogP contribution in [-0.4, -0.2) is 132 Å². The zero-order chi connectivity index (χ0) is 49.9. The van der Waals surface area contributed by atoms with Gasteiger partial charge >= 0.3 is 6.09 Å². The van der Waals surface area contributed by atoms with Gasteiger partial charge in [-0.3, -0.25) is 4.79 Å². The van der Waals surface area contributed by atoms with Gasteiger partial charge < -0.3 is 55.3 Å². The van der Waals surface area contributed by atoms with Crippen molar-refractivity contribution in [3.63, 3.8) is 0 Å². The van der Waals surface area contributed by atoms with Crippen LogP contribution in [0.15, 0.2) is 0 Å². The van der Waals surface area contributed by atoms with Gasteiger partial charge in [-0.05, 0) is 26.9 Å². The summed E-state index contributed by atoms with van der Waals surface area (Å²) in [5, 5.41) is 59.8. The van der Waals surface area contributed by atoms with Crippen molar-refractivity contribution in [2.45, 2.75) is 300 Å². The van der Waals surface area contributed by atoms with Crippen LogP contribution in [-0.2, 0) is 19.0 Å². The lowest BCUT2D eigenvalue weighted by Gasteiger charge is -2.40. The van der Waals surface area contributed by atoms with Crippen LogP contribution < -0.4 is 10.6 Å². The zero-order valence-corrected chi connectivity index (χ0v) is 44.3. The van der Waals surface area contributed by atoms with E-state index in [9.17, 15) is 35.1 Å². The van der Waals surface area contributed by atoms with E-state index < -0.39 is 61.7 Å². The molecule has 0 bridgehead atoms. The van der Waals surface area contributed by atoms with E-state index in [0.717, 1.165) is 44.9 Å². The van der Waals surface area contributed by atoms with Crippen LogP contribution in [0.3, 0.4) is 0 Å². The van der Waals surface area contributed by atoms with Crippen LogP contribution in [0.2, 0.25) is 0 Å². The summed E-state index contributed by atoms with van der Waals surface area (Å²) in [6, 6.07) is -1.03. The molecule has 1 saturated heterocycles. The summed E-state index contributed by atoms with van der Waals surface area (Å²) in [5.41, 5.74) is 0. The van der Waals surface area contributed by atoms with Gasteiger partial charge in [0.25, 0.3) is 0 Å². The highest BCUT2D eigenvalue weighted by atomic mass is 16.7.